The van der Waals surface area contributed by atoms with E-state index < -0.39 is 0 Å². The van der Waals surface area contributed by atoms with Gasteiger partial charge in [-0.1, -0.05) is 48.0 Å². The van der Waals surface area contributed by atoms with Crippen molar-refractivity contribution >= 4 is 21.9 Å². The van der Waals surface area contributed by atoms with Crippen LogP contribution in [-0.4, -0.2) is 34.7 Å². The molecule has 0 saturated carbocycles. The topological polar surface area (TPSA) is 100 Å². The molecule has 41 heavy (non-hydrogen) atoms. The Labute approximate surface area is 235 Å². The number of rotatable bonds is 7. The number of benzene rings is 3. The van der Waals surface area contributed by atoms with Crippen LogP contribution in [0.25, 0.3) is 50.4 Å². The lowest BCUT2D eigenvalue weighted by Gasteiger charge is -2.11. The third kappa shape index (κ3) is 4.76. The number of aromatic nitrogens is 7. The van der Waals surface area contributed by atoms with Crippen LogP contribution in [-0.2, 0) is 13.1 Å². The van der Waals surface area contributed by atoms with Crippen molar-refractivity contribution in [3.8, 4) is 28.5 Å². The van der Waals surface area contributed by atoms with Crippen LogP contribution in [0.2, 0.25) is 0 Å². The second kappa shape index (κ2) is 10.1. The number of nitrogens with zero attached hydrogens (tertiary/aromatic N) is 5. The summed E-state index contributed by atoms with van der Waals surface area (Å²) in [5, 5.41) is 11.8. The van der Waals surface area contributed by atoms with Crippen LogP contribution in [0.4, 0.5) is 4.39 Å². The number of imidazole rings is 2. The largest absolute Gasteiger partial charge is 0.336 e. The SMILES string of the molecule is Cc1cc(CNCc2ccccc2)cc(-c2cc3c(-c4nc5c(-n6cnc(C)c6)nccc5[nH]4)n[nH]c3cc2F)c1. The number of hydrogen-bond acceptors (Lipinski definition) is 5. The number of nitrogens with one attached hydrogen (secondary N) is 3. The first-order chi connectivity index (χ1) is 20.0. The minimum absolute atomic E-state index is 0.312. The second-order valence-corrected chi connectivity index (χ2v) is 10.3. The number of H-pyrrole nitrogens is 2. The first-order valence-corrected chi connectivity index (χ1v) is 13.4. The average molecular weight is 543 g/mol. The molecule has 3 aromatic carbocycles. The number of hydrogen-bond donors (Lipinski definition) is 3. The summed E-state index contributed by atoms with van der Waals surface area (Å²) in [4.78, 5) is 17.1. The van der Waals surface area contributed by atoms with E-state index in [0.29, 0.717) is 40.5 Å². The van der Waals surface area contributed by atoms with Crippen LogP contribution in [0.1, 0.15) is 22.4 Å². The van der Waals surface area contributed by atoms with Gasteiger partial charge in [0.2, 0.25) is 0 Å². The van der Waals surface area contributed by atoms with Gasteiger partial charge in [-0.25, -0.2) is 19.3 Å². The van der Waals surface area contributed by atoms with E-state index >= 15 is 4.39 Å². The summed E-state index contributed by atoms with van der Waals surface area (Å²) in [5.41, 5.74) is 8.33. The molecule has 8 nitrogen and oxygen atoms in total. The summed E-state index contributed by atoms with van der Waals surface area (Å²) in [6.45, 7) is 5.40. The fourth-order valence-corrected chi connectivity index (χ4v) is 5.27. The third-order valence-electron chi connectivity index (χ3n) is 7.16. The fraction of sp³-hybridized carbons (Fsp3) is 0.125. The number of aromatic amines is 2. The lowest BCUT2D eigenvalue weighted by molar-refractivity contribution is 0.632. The highest BCUT2D eigenvalue weighted by molar-refractivity contribution is 5.96. The Kier molecular flexibility index (Phi) is 6.13. The average Bonchev–Trinajstić information content (AvgIpc) is 3.70. The van der Waals surface area contributed by atoms with Crippen molar-refractivity contribution in [1.29, 1.82) is 0 Å². The zero-order valence-corrected chi connectivity index (χ0v) is 22.6. The number of halogens is 1. The van der Waals surface area contributed by atoms with Crippen molar-refractivity contribution in [2.24, 2.45) is 0 Å². The van der Waals surface area contributed by atoms with Crippen LogP contribution < -0.4 is 5.32 Å². The minimum atomic E-state index is -0.312. The van der Waals surface area contributed by atoms with Crippen molar-refractivity contribution in [2.45, 2.75) is 26.9 Å². The van der Waals surface area contributed by atoms with E-state index in [0.717, 1.165) is 39.8 Å². The molecule has 3 N–H and O–H groups in total. The molecule has 7 rings (SSSR count). The van der Waals surface area contributed by atoms with Gasteiger partial charge in [0.15, 0.2) is 11.6 Å². The summed E-state index contributed by atoms with van der Waals surface area (Å²) >= 11 is 0. The van der Waals surface area contributed by atoms with Gasteiger partial charge in [0.05, 0.1) is 16.7 Å². The quantitative estimate of drug-likeness (QED) is 0.216. The number of pyridine rings is 1. The summed E-state index contributed by atoms with van der Waals surface area (Å²) in [6, 6.07) is 21.7. The maximum atomic E-state index is 15.5. The van der Waals surface area contributed by atoms with Crippen molar-refractivity contribution in [2.75, 3.05) is 0 Å². The van der Waals surface area contributed by atoms with Gasteiger partial charge in [-0.3, -0.25) is 9.67 Å². The number of aryl methyl sites for hydroxylation is 2. The first-order valence-electron chi connectivity index (χ1n) is 13.4. The summed E-state index contributed by atoms with van der Waals surface area (Å²) in [5.74, 6) is 0.934. The minimum Gasteiger partial charge on any atom is -0.336 e. The normalized spacial score (nSPS) is 11.6. The van der Waals surface area contributed by atoms with Crippen LogP contribution in [0.15, 0.2) is 85.5 Å². The molecule has 4 heterocycles. The lowest BCUT2D eigenvalue weighted by atomic mass is 9.98. The van der Waals surface area contributed by atoms with Gasteiger partial charge in [-0.2, -0.15) is 5.10 Å². The van der Waals surface area contributed by atoms with Crippen molar-refractivity contribution in [3.63, 3.8) is 0 Å². The smallest absolute Gasteiger partial charge is 0.166 e. The second-order valence-electron chi connectivity index (χ2n) is 10.3. The first kappa shape index (κ1) is 24.9. The highest BCUT2D eigenvalue weighted by Gasteiger charge is 2.18. The maximum absolute atomic E-state index is 15.5. The van der Waals surface area contributed by atoms with Crippen LogP contribution in [0.5, 0.6) is 0 Å². The van der Waals surface area contributed by atoms with E-state index in [2.05, 4.69) is 48.7 Å². The van der Waals surface area contributed by atoms with Crippen molar-refractivity contribution in [3.05, 3.63) is 114 Å². The van der Waals surface area contributed by atoms with E-state index in [1.165, 1.54) is 11.6 Å². The standard InChI is InChI=1S/C32H27FN8/c1-19-10-22(16-34-15-21-6-4-3-5-7-21)12-23(11-19)24-13-25-28(14-26(24)33)39-40-29(25)31-37-27-8-9-35-32(30(27)38-31)41-17-20(2)36-18-41/h3-14,17-18,34H,15-16H2,1-2H3,(H,37,38)(H,39,40). The zero-order valence-electron chi connectivity index (χ0n) is 22.6. The molecule has 0 fully saturated rings. The van der Waals surface area contributed by atoms with Gasteiger partial charge < -0.3 is 10.3 Å². The van der Waals surface area contributed by atoms with Crippen LogP contribution in [0.3, 0.4) is 0 Å². The molecular weight excluding hydrogens is 515 g/mol. The Bertz CT molecular complexity index is 2020. The monoisotopic (exact) mass is 542 g/mol. The van der Waals surface area contributed by atoms with E-state index in [-0.39, 0.29) is 5.82 Å². The molecule has 202 valence electrons. The fourth-order valence-electron chi connectivity index (χ4n) is 5.27. The molecule has 4 aromatic heterocycles. The predicted octanol–water partition coefficient (Wildman–Crippen LogP) is 6.40. The molecule has 0 aliphatic rings. The van der Waals surface area contributed by atoms with Gasteiger partial charge in [0.25, 0.3) is 0 Å². The Morgan fingerprint density at radius 1 is 0.902 bits per heavy atom. The van der Waals surface area contributed by atoms with Crippen LogP contribution in [0, 0.1) is 19.7 Å². The zero-order chi connectivity index (χ0) is 27.9. The highest BCUT2D eigenvalue weighted by Crippen LogP contribution is 2.33. The molecule has 0 saturated heterocycles. The summed E-state index contributed by atoms with van der Waals surface area (Å²) < 4.78 is 17.3. The molecule has 7 aromatic rings. The molecule has 0 bridgehead atoms. The van der Waals surface area contributed by atoms with Crippen molar-refractivity contribution in [1.82, 2.24) is 40.0 Å². The Morgan fingerprint density at radius 3 is 2.59 bits per heavy atom. The molecule has 0 amide bonds. The molecule has 0 atom stereocenters. The molecule has 0 aliphatic carbocycles. The predicted molar refractivity (Wildman–Crippen MR) is 158 cm³/mol. The molecular formula is C32H27FN8. The summed E-state index contributed by atoms with van der Waals surface area (Å²) in [7, 11) is 0. The Hall–Kier alpha value is -5.15. The van der Waals surface area contributed by atoms with Crippen LogP contribution >= 0.6 is 0 Å². The van der Waals surface area contributed by atoms with Gasteiger partial charge in [-0.15, -0.1) is 0 Å². The third-order valence-corrected chi connectivity index (χ3v) is 7.16. The molecule has 0 unspecified atom stereocenters. The van der Waals surface area contributed by atoms with Gasteiger partial charge in [-0.05, 0) is 48.7 Å². The highest BCUT2D eigenvalue weighted by atomic mass is 19.1. The molecule has 0 radical (unpaired) electrons. The maximum Gasteiger partial charge on any atom is 0.166 e. The summed E-state index contributed by atoms with van der Waals surface area (Å²) in [6.07, 6.45) is 5.36. The Morgan fingerprint density at radius 2 is 1.76 bits per heavy atom. The number of fused-ring (bicyclic) bond motifs is 2. The molecule has 0 spiro atoms. The van der Waals surface area contributed by atoms with Gasteiger partial charge >= 0.3 is 0 Å². The Balaban J connectivity index is 1.24. The van der Waals surface area contributed by atoms with Gasteiger partial charge in [0.1, 0.15) is 23.4 Å². The molecule has 9 heteroatoms. The molecule has 0 aliphatic heterocycles. The van der Waals surface area contributed by atoms with E-state index in [9.17, 15) is 0 Å². The van der Waals surface area contributed by atoms with E-state index in [1.807, 2.05) is 67.1 Å². The van der Waals surface area contributed by atoms with Crippen molar-refractivity contribution < 1.29 is 4.39 Å². The van der Waals surface area contributed by atoms with E-state index in [1.54, 1.807) is 12.5 Å². The van der Waals surface area contributed by atoms with E-state index in [4.69, 9.17) is 4.98 Å². The van der Waals surface area contributed by atoms with Gasteiger partial charge in [0, 0.05) is 42.5 Å². The lowest BCUT2D eigenvalue weighted by Crippen LogP contribution is -2.12.